The van der Waals surface area contributed by atoms with E-state index in [0.29, 0.717) is 32.0 Å². The average Bonchev–Trinajstić information content (AvgIpc) is 2.87. The van der Waals surface area contributed by atoms with Crippen LogP contribution in [0.1, 0.15) is 32.6 Å². The molecule has 2 aliphatic heterocycles. The van der Waals surface area contributed by atoms with Crippen LogP contribution in [0.5, 0.6) is 0 Å². The highest BCUT2D eigenvalue weighted by Gasteiger charge is 2.42. The Labute approximate surface area is 121 Å². The zero-order valence-corrected chi connectivity index (χ0v) is 13.4. The SMILES string of the molecule is C[C@@H]1CCCN(S(=O)(=O)N2CCC[C@@H]2C(=O)N(C)C)C1. The molecule has 20 heavy (non-hydrogen) atoms. The Hall–Kier alpha value is -0.660. The van der Waals surface area contributed by atoms with Gasteiger partial charge in [0.25, 0.3) is 10.2 Å². The van der Waals surface area contributed by atoms with Crippen molar-refractivity contribution in [1.29, 1.82) is 0 Å². The van der Waals surface area contributed by atoms with Gasteiger partial charge in [-0.1, -0.05) is 6.92 Å². The highest BCUT2D eigenvalue weighted by Crippen LogP contribution is 2.27. The van der Waals surface area contributed by atoms with Crippen LogP contribution >= 0.6 is 0 Å². The van der Waals surface area contributed by atoms with Crippen molar-refractivity contribution >= 4 is 16.1 Å². The van der Waals surface area contributed by atoms with Crippen LogP contribution in [0.15, 0.2) is 0 Å². The molecule has 0 radical (unpaired) electrons. The van der Waals surface area contributed by atoms with Crippen molar-refractivity contribution in [3.63, 3.8) is 0 Å². The van der Waals surface area contributed by atoms with E-state index in [1.54, 1.807) is 18.4 Å². The first-order valence-electron chi connectivity index (χ1n) is 7.32. The zero-order valence-electron chi connectivity index (χ0n) is 12.6. The summed E-state index contributed by atoms with van der Waals surface area (Å²) in [4.78, 5) is 13.6. The molecule has 2 heterocycles. The standard InChI is InChI=1S/C13H25N3O3S/c1-11-6-4-8-15(10-11)20(18,19)16-9-5-7-12(16)13(17)14(2)3/h11-12H,4-10H2,1-3H3/t11-,12-/m1/s1. The van der Waals surface area contributed by atoms with E-state index in [1.807, 2.05) is 0 Å². The molecule has 116 valence electrons. The summed E-state index contributed by atoms with van der Waals surface area (Å²) in [5, 5.41) is 0. The number of hydrogen-bond acceptors (Lipinski definition) is 3. The molecule has 0 saturated carbocycles. The van der Waals surface area contributed by atoms with E-state index in [0.717, 1.165) is 19.3 Å². The Morgan fingerprint density at radius 3 is 2.40 bits per heavy atom. The lowest BCUT2D eigenvalue weighted by atomic mass is 10.0. The van der Waals surface area contributed by atoms with Crippen molar-refractivity contribution in [1.82, 2.24) is 13.5 Å². The van der Waals surface area contributed by atoms with E-state index in [-0.39, 0.29) is 5.91 Å². The van der Waals surface area contributed by atoms with Gasteiger partial charge in [0.15, 0.2) is 0 Å². The highest BCUT2D eigenvalue weighted by atomic mass is 32.2. The molecule has 6 nitrogen and oxygen atoms in total. The Morgan fingerprint density at radius 1 is 1.15 bits per heavy atom. The maximum absolute atomic E-state index is 12.8. The van der Waals surface area contributed by atoms with Gasteiger partial charge in [0, 0.05) is 33.7 Å². The lowest BCUT2D eigenvalue weighted by molar-refractivity contribution is -0.132. The molecule has 2 fully saturated rings. The van der Waals surface area contributed by atoms with Crippen molar-refractivity contribution < 1.29 is 13.2 Å². The fraction of sp³-hybridized carbons (Fsp3) is 0.923. The molecule has 2 saturated heterocycles. The van der Waals surface area contributed by atoms with Gasteiger partial charge < -0.3 is 4.90 Å². The number of amides is 1. The van der Waals surface area contributed by atoms with Crippen molar-refractivity contribution in [2.24, 2.45) is 5.92 Å². The number of hydrogen-bond donors (Lipinski definition) is 0. The first-order valence-corrected chi connectivity index (χ1v) is 8.72. The number of likely N-dealkylation sites (N-methyl/N-ethyl adjacent to an activating group) is 1. The molecule has 2 aliphatic rings. The third-order valence-corrected chi connectivity index (χ3v) is 6.19. The van der Waals surface area contributed by atoms with Gasteiger partial charge >= 0.3 is 0 Å². The fourth-order valence-corrected chi connectivity index (χ4v) is 5.04. The molecular formula is C13H25N3O3S. The van der Waals surface area contributed by atoms with E-state index < -0.39 is 16.3 Å². The van der Waals surface area contributed by atoms with Crippen LogP contribution in [0.4, 0.5) is 0 Å². The molecule has 0 N–H and O–H groups in total. The van der Waals surface area contributed by atoms with Crippen LogP contribution in [0.25, 0.3) is 0 Å². The monoisotopic (exact) mass is 303 g/mol. The van der Waals surface area contributed by atoms with Gasteiger partial charge in [-0.25, -0.2) is 0 Å². The van der Waals surface area contributed by atoms with E-state index in [1.165, 1.54) is 9.21 Å². The van der Waals surface area contributed by atoms with Gasteiger partial charge in [0.05, 0.1) is 0 Å². The van der Waals surface area contributed by atoms with Gasteiger partial charge in [-0.3, -0.25) is 4.79 Å². The maximum atomic E-state index is 12.8. The fourth-order valence-electron chi connectivity index (χ4n) is 3.07. The van der Waals surface area contributed by atoms with Gasteiger partial charge in [0.1, 0.15) is 6.04 Å². The van der Waals surface area contributed by atoms with E-state index in [9.17, 15) is 13.2 Å². The predicted molar refractivity (Wildman–Crippen MR) is 77.3 cm³/mol. The molecule has 0 aliphatic carbocycles. The molecule has 0 unspecified atom stereocenters. The van der Waals surface area contributed by atoms with Crippen LogP contribution in [0.3, 0.4) is 0 Å². The molecule has 2 rings (SSSR count). The Kier molecular flexibility index (Phi) is 4.71. The summed E-state index contributed by atoms with van der Waals surface area (Å²) in [5.41, 5.74) is 0. The van der Waals surface area contributed by atoms with E-state index in [2.05, 4.69) is 6.92 Å². The third-order valence-electron chi connectivity index (χ3n) is 4.17. The molecule has 1 amide bonds. The first kappa shape index (κ1) is 15.7. The Morgan fingerprint density at radius 2 is 1.80 bits per heavy atom. The molecule has 2 atom stereocenters. The van der Waals surface area contributed by atoms with Crippen LogP contribution in [-0.2, 0) is 15.0 Å². The molecule has 0 aromatic heterocycles. The number of nitrogens with zero attached hydrogens (tertiary/aromatic N) is 3. The minimum atomic E-state index is -3.50. The summed E-state index contributed by atoms with van der Waals surface area (Å²) in [6.07, 6.45) is 3.36. The molecular weight excluding hydrogens is 278 g/mol. The normalized spacial score (nSPS) is 29.6. The first-order chi connectivity index (χ1) is 9.34. The highest BCUT2D eigenvalue weighted by molar-refractivity contribution is 7.86. The molecule has 7 heteroatoms. The predicted octanol–water partition coefficient (Wildman–Crippen LogP) is 0.516. The second-order valence-corrected chi connectivity index (χ2v) is 8.00. The van der Waals surface area contributed by atoms with E-state index >= 15 is 0 Å². The summed E-state index contributed by atoms with van der Waals surface area (Å²) in [6, 6.07) is -0.521. The molecule has 0 spiro atoms. The van der Waals surface area contributed by atoms with Crippen molar-refractivity contribution in [2.45, 2.75) is 38.6 Å². The van der Waals surface area contributed by atoms with Gasteiger partial charge in [-0.2, -0.15) is 17.0 Å². The average molecular weight is 303 g/mol. The van der Waals surface area contributed by atoms with Gasteiger partial charge in [0.2, 0.25) is 5.91 Å². The molecule has 0 aromatic carbocycles. The minimum Gasteiger partial charge on any atom is -0.347 e. The quantitative estimate of drug-likeness (QED) is 0.763. The number of rotatable bonds is 3. The topological polar surface area (TPSA) is 60.9 Å². The van der Waals surface area contributed by atoms with Gasteiger partial charge in [-0.05, 0) is 31.6 Å². The minimum absolute atomic E-state index is 0.115. The molecule has 0 bridgehead atoms. The summed E-state index contributed by atoms with van der Waals surface area (Å²) < 4.78 is 28.5. The van der Waals surface area contributed by atoms with Crippen LogP contribution in [0.2, 0.25) is 0 Å². The lowest BCUT2D eigenvalue weighted by Crippen LogP contribution is -2.52. The number of carbonyl (C=O) groups is 1. The second kappa shape index (κ2) is 5.99. The summed E-state index contributed by atoms with van der Waals surface area (Å²) in [5.74, 6) is 0.278. The largest absolute Gasteiger partial charge is 0.347 e. The van der Waals surface area contributed by atoms with Crippen LogP contribution in [-0.4, -0.2) is 67.6 Å². The lowest BCUT2D eigenvalue weighted by Gasteiger charge is -2.35. The Balaban J connectivity index is 2.17. The smallest absolute Gasteiger partial charge is 0.282 e. The number of carbonyl (C=O) groups excluding carboxylic acids is 1. The zero-order chi connectivity index (χ0) is 14.9. The number of piperidine rings is 1. The summed E-state index contributed by atoms with van der Waals surface area (Å²) in [7, 11) is -0.153. The van der Waals surface area contributed by atoms with Crippen molar-refractivity contribution in [3.8, 4) is 0 Å². The van der Waals surface area contributed by atoms with Crippen molar-refractivity contribution in [2.75, 3.05) is 33.7 Å². The van der Waals surface area contributed by atoms with Crippen LogP contribution in [0, 0.1) is 5.92 Å². The van der Waals surface area contributed by atoms with E-state index in [4.69, 9.17) is 0 Å². The maximum Gasteiger partial charge on any atom is 0.282 e. The van der Waals surface area contributed by atoms with Crippen molar-refractivity contribution in [3.05, 3.63) is 0 Å². The Bertz CT molecular complexity index is 463. The summed E-state index contributed by atoms with van der Waals surface area (Å²) in [6.45, 7) is 3.68. The second-order valence-electron chi connectivity index (χ2n) is 6.11. The van der Waals surface area contributed by atoms with Gasteiger partial charge in [-0.15, -0.1) is 0 Å². The molecule has 0 aromatic rings. The summed E-state index contributed by atoms with van der Waals surface area (Å²) >= 11 is 0. The third kappa shape index (κ3) is 2.99. The van der Waals surface area contributed by atoms with Crippen LogP contribution < -0.4 is 0 Å².